The Hall–Kier alpha value is -3.06. The lowest BCUT2D eigenvalue weighted by Gasteiger charge is -2.25. The van der Waals surface area contributed by atoms with E-state index in [4.69, 9.17) is 21.1 Å². The summed E-state index contributed by atoms with van der Waals surface area (Å²) in [7, 11) is 0. The van der Waals surface area contributed by atoms with Crippen molar-refractivity contribution in [1.29, 1.82) is 0 Å². The number of carbonyl (C=O) groups excluding carboxylic acids is 2. The molecule has 1 aliphatic heterocycles. The van der Waals surface area contributed by atoms with Crippen molar-refractivity contribution in [2.75, 3.05) is 13.2 Å². The monoisotopic (exact) mass is 373 g/mol. The smallest absolute Gasteiger partial charge is 0.265 e. The molecule has 7 nitrogen and oxygen atoms in total. The number of hydrazone groups is 1. The lowest BCUT2D eigenvalue weighted by molar-refractivity contribution is -0.132. The summed E-state index contributed by atoms with van der Waals surface area (Å²) in [5.41, 5.74) is 3.11. The number of ether oxygens (including phenoxy) is 2. The molecule has 134 valence electrons. The van der Waals surface area contributed by atoms with Crippen LogP contribution in [-0.2, 0) is 9.59 Å². The zero-order chi connectivity index (χ0) is 18.4. The van der Waals surface area contributed by atoms with Crippen LogP contribution in [-0.4, -0.2) is 37.3 Å². The van der Waals surface area contributed by atoms with Gasteiger partial charge in [-0.1, -0.05) is 35.9 Å². The Labute approximate surface area is 154 Å². The standard InChI is InChI=1S/C18H16ClN3O4/c19-13-7-5-12(6-8-13)9-21-22-17(23)10-20-18(24)16-11-25-14-3-1-2-4-15(14)26-16/h1-9,16H,10-11H2,(H,20,24)(H,22,23)/b21-9+/t16-/m0/s1. The van der Waals surface area contributed by atoms with Gasteiger partial charge in [0.1, 0.15) is 6.61 Å². The number of halogens is 1. The number of nitrogens with zero attached hydrogens (tertiary/aromatic N) is 1. The zero-order valence-corrected chi connectivity index (χ0v) is 14.4. The molecular formula is C18H16ClN3O4. The maximum absolute atomic E-state index is 12.1. The number of benzene rings is 2. The van der Waals surface area contributed by atoms with E-state index >= 15 is 0 Å². The average molecular weight is 374 g/mol. The molecule has 8 heteroatoms. The van der Waals surface area contributed by atoms with Gasteiger partial charge in [-0.25, -0.2) is 5.43 Å². The summed E-state index contributed by atoms with van der Waals surface area (Å²) in [4.78, 5) is 23.8. The highest BCUT2D eigenvalue weighted by Gasteiger charge is 2.27. The van der Waals surface area contributed by atoms with Crippen molar-refractivity contribution in [3.8, 4) is 11.5 Å². The highest BCUT2D eigenvalue weighted by molar-refractivity contribution is 6.30. The van der Waals surface area contributed by atoms with Crippen molar-refractivity contribution in [3.05, 3.63) is 59.1 Å². The maximum atomic E-state index is 12.1. The van der Waals surface area contributed by atoms with Crippen LogP contribution < -0.4 is 20.2 Å². The van der Waals surface area contributed by atoms with Crippen LogP contribution in [0.5, 0.6) is 11.5 Å². The maximum Gasteiger partial charge on any atom is 0.265 e. The molecule has 1 atom stereocenters. The van der Waals surface area contributed by atoms with Gasteiger partial charge in [-0.3, -0.25) is 9.59 Å². The summed E-state index contributed by atoms with van der Waals surface area (Å²) in [6.45, 7) is -0.141. The molecule has 0 saturated carbocycles. The topological polar surface area (TPSA) is 89.0 Å². The average Bonchev–Trinajstić information content (AvgIpc) is 2.67. The van der Waals surface area contributed by atoms with Gasteiger partial charge < -0.3 is 14.8 Å². The van der Waals surface area contributed by atoms with Crippen LogP contribution in [0.4, 0.5) is 0 Å². The van der Waals surface area contributed by atoms with Crippen molar-refractivity contribution >= 4 is 29.6 Å². The molecule has 1 aliphatic rings. The largest absolute Gasteiger partial charge is 0.485 e. The number of para-hydroxylation sites is 2. The fraction of sp³-hybridized carbons (Fsp3) is 0.167. The van der Waals surface area contributed by atoms with Crippen molar-refractivity contribution < 1.29 is 19.1 Å². The van der Waals surface area contributed by atoms with Crippen molar-refractivity contribution in [3.63, 3.8) is 0 Å². The van der Waals surface area contributed by atoms with Crippen LogP contribution in [0.3, 0.4) is 0 Å². The van der Waals surface area contributed by atoms with Gasteiger partial charge in [-0.05, 0) is 29.8 Å². The van der Waals surface area contributed by atoms with Crippen molar-refractivity contribution in [2.45, 2.75) is 6.10 Å². The second kappa shape index (κ2) is 8.35. The predicted octanol–water partition coefficient (Wildman–Crippen LogP) is 1.75. The van der Waals surface area contributed by atoms with E-state index in [0.717, 1.165) is 5.56 Å². The molecule has 0 radical (unpaired) electrons. The second-order valence-corrected chi connectivity index (χ2v) is 5.86. The minimum Gasteiger partial charge on any atom is -0.485 e. The van der Waals surface area contributed by atoms with Crippen LogP contribution >= 0.6 is 11.6 Å². The van der Waals surface area contributed by atoms with E-state index in [1.54, 1.807) is 42.5 Å². The van der Waals surface area contributed by atoms with E-state index in [-0.39, 0.29) is 13.2 Å². The molecule has 26 heavy (non-hydrogen) atoms. The quantitative estimate of drug-likeness (QED) is 0.617. The molecule has 3 rings (SSSR count). The third kappa shape index (κ3) is 4.73. The second-order valence-electron chi connectivity index (χ2n) is 5.43. The van der Waals surface area contributed by atoms with Gasteiger partial charge in [-0.2, -0.15) is 5.10 Å². The highest BCUT2D eigenvalue weighted by atomic mass is 35.5. The van der Waals surface area contributed by atoms with E-state index in [2.05, 4.69) is 15.8 Å². The number of nitrogens with one attached hydrogen (secondary N) is 2. The Kier molecular flexibility index (Phi) is 5.70. The summed E-state index contributed by atoms with van der Waals surface area (Å²) in [6, 6.07) is 14.0. The summed E-state index contributed by atoms with van der Waals surface area (Å²) in [5.74, 6) is 0.193. The zero-order valence-electron chi connectivity index (χ0n) is 13.6. The number of amides is 2. The Morgan fingerprint density at radius 1 is 1.15 bits per heavy atom. The Balaban J connectivity index is 1.43. The summed E-state index contributed by atoms with van der Waals surface area (Å²) in [6.07, 6.45) is 0.667. The lowest BCUT2D eigenvalue weighted by atomic mass is 10.2. The van der Waals surface area contributed by atoms with Gasteiger partial charge in [0.2, 0.25) is 6.10 Å². The molecule has 1 heterocycles. The van der Waals surface area contributed by atoms with Crippen LogP contribution in [0, 0.1) is 0 Å². The molecule has 2 N–H and O–H groups in total. The molecule has 2 aromatic carbocycles. The van der Waals surface area contributed by atoms with Crippen LogP contribution in [0.2, 0.25) is 5.02 Å². The summed E-state index contributed by atoms with van der Waals surface area (Å²) < 4.78 is 11.0. The number of carbonyl (C=O) groups is 2. The Bertz CT molecular complexity index is 823. The molecule has 0 unspecified atom stereocenters. The van der Waals surface area contributed by atoms with Crippen molar-refractivity contribution in [2.24, 2.45) is 5.10 Å². The molecule has 0 fully saturated rings. The van der Waals surface area contributed by atoms with Gasteiger partial charge in [0, 0.05) is 5.02 Å². The SMILES string of the molecule is O=C(CNC(=O)[C@@H]1COc2ccccc2O1)N/N=C/c1ccc(Cl)cc1. The fourth-order valence-corrected chi connectivity index (χ4v) is 2.32. The van der Waals surface area contributed by atoms with Gasteiger partial charge in [0.05, 0.1) is 12.8 Å². The van der Waals surface area contributed by atoms with E-state index in [1.807, 2.05) is 6.07 Å². The molecule has 0 aliphatic carbocycles. The molecule has 0 aromatic heterocycles. The fourth-order valence-electron chi connectivity index (χ4n) is 2.20. The lowest BCUT2D eigenvalue weighted by Crippen LogP contribution is -2.46. The summed E-state index contributed by atoms with van der Waals surface area (Å²) in [5, 5.41) is 6.92. The number of fused-ring (bicyclic) bond motifs is 1. The van der Waals surface area contributed by atoms with E-state index in [0.29, 0.717) is 16.5 Å². The van der Waals surface area contributed by atoms with E-state index < -0.39 is 17.9 Å². The summed E-state index contributed by atoms with van der Waals surface area (Å²) >= 11 is 5.79. The Morgan fingerprint density at radius 2 is 1.88 bits per heavy atom. The van der Waals surface area contributed by atoms with Gasteiger partial charge in [0.15, 0.2) is 11.5 Å². The molecule has 2 amide bonds. The minimum atomic E-state index is -0.810. The van der Waals surface area contributed by atoms with Crippen LogP contribution in [0.25, 0.3) is 0 Å². The van der Waals surface area contributed by atoms with E-state index in [1.165, 1.54) is 6.21 Å². The molecular weight excluding hydrogens is 358 g/mol. The van der Waals surface area contributed by atoms with Crippen LogP contribution in [0.1, 0.15) is 5.56 Å². The molecule has 0 saturated heterocycles. The van der Waals surface area contributed by atoms with Crippen molar-refractivity contribution in [1.82, 2.24) is 10.7 Å². The first-order valence-corrected chi connectivity index (χ1v) is 8.23. The normalized spacial score (nSPS) is 15.5. The third-order valence-corrected chi connectivity index (χ3v) is 3.75. The first kappa shape index (κ1) is 17.8. The minimum absolute atomic E-state index is 0.0825. The number of hydrogen-bond acceptors (Lipinski definition) is 5. The molecule has 0 bridgehead atoms. The van der Waals surface area contributed by atoms with Gasteiger partial charge in [0.25, 0.3) is 11.8 Å². The van der Waals surface area contributed by atoms with Gasteiger partial charge >= 0.3 is 0 Å². The third-order valence-electron chi connectivity index (χ3n) is 3.50. The van der Waals surface area contributed by atoms with E-state index in [9.17, 15) is 9.59 Å². The molecule has 0 spiro atoms. The van der Waals surface area contributed by atoms with Crippen LogP contribution in [0.15, 0.2) is 53.6 Å². The Morgan fingerprint density at radius 3 is 2.65 bits per heavy atom. The first-order chi connectivity index (χ1) is 12.6. The first-order valence-electron chi connectivity index (χ1n) is 7.85. The molecule has 2 aromatic rings. The number of rotatable bonds is 5. The van der Waals surface area contributed by atoms with Gasteiger partial charge in [-0.15, -0.1) is 0 Å². The predicted molar refractivity (Wildman–Crippen MR) is 96.6 cm³/mol. The number of hydrogen-bond donors (Lipinski definition) is 2. The highest BCUT2D eigenvalue weighted by Crippen LogP contribution is 2.30.